The van der Waals surface area contributed by atoms with E-state index in [1.165, 1.54) is 21.3 Å². The van der Waals surface area contributed by atoms with Crippen LogP contribution < -0.4 is 24.7 Å². The van der Waals surface area contributed by atoms with Crippen molar-refractivity contribution in [3.05, 3.63) is 28.9 Å². The molecule has 112 valence electrons. The van der Waals surface area contributed by atoms with Crippen LogP contribution in [0.4, 0.5) is 5.69 Å². The SMILES string of the molecule is COc1cc(Oc2ncc(Br)cc2N)cc(OC)c1OC. The zero-order chi connectivity index (χ0) is 15.4. The van der Waals surface area contributed by atoms with Crippen molar-refractivity contribution in [2.45, 2.75) is 0 Å². The van der Waals surface area contributed by atoms with Gasteiger partial charge in [0.25, 0.3) is 0 Å². The molecule has 2 rings (SSSR count). The Bertz CT molecular complexity index is 624. The summed E-state index contributed by atoms with van der Waals surface area (Å²) >= 11 is 3.29. The molecule has 0 radical (unpaired) electrons. The summed E-state index contributed by atoms with van der Waals surface area (Å²) in [5.74, 6) is 2.24. The molecule has 0 aliphatic carbocycles. The molecule has 1 heterocycles. The van der Waals surface area contributed by atoms with E-state index in [1.54, 1.807) is 24.4 Å². The molecule has 0 amide bonds. The fourth-order valence-electron chi connectivity index (χ4n) is 1.76. The second-order valence-corrected chi connectivity index (χ2v) is 4.93. The molecule has 7 heteroatoms. The summed E-state index contributed by atoms with van der Waals surface area (Å²) in [6, 6.07) is 5.05. The van der Waals surface area contributed by atoms with E-state index >= 15 is 0 Å². The molecular weight excluding hydrogens is 340 g/mol. The van der Waals surface area contributed by atoms with E-state index < -0.39 is 0 Å². The summed E-state index contributed by atoms with van der Waals surface area (Å²) in [7, 11) is 4.61. The van der Waals surface area contributed by atoms with Gasteiger partial charge in [-0.2, -0.15) is 0 Å². The summed E-state index contributed by atoms with van der Waals surface area (Å²) in [5.41, 5.74) is 6.28. The number of anilines is 1. The van der Waals surface area contributed by atoms with E-state index in [0.717, 1.165) is 4.47 Å². The minimum Gasteiger partial charge on any atom is -0.493 e. The third-order valence-corrected chi connectivity index (χ3v) is 3.13. The number of hydrogen-bond donors (Lipinski definition) is 1. The smallest absolute Gasteiger partial charge is 0.242 e. The lowest BCUT2D eigenvalue weighted by Gasteiger charge is -2.14. The zero-order valence-corrected chi connectivity index (χ0v) is 13.4. The second-order valence-electron chi connectivity index (χ2n) is 4.01. The van der Waals surface area contributed by atoms with E-state index in [2.05, 4.69) is 20.9 Å². The second kappa shape index (κ2) is 6.53. The van der Waals surface area contributed by atoms with Gasteiger partial charge in [0, 0.05) is 22.8 Å². The van der Waals surface area contributed by atoms with Crippen LogP contribution in [0.15, 0.2) is 28.9 Å². The number of pyridine rings is 1. The Labute approximate surface area is 130 Å². The van der Waals surface area contributed by atoms with Crippen LogP contribution in [-0.4, -0.2) is 26.3 Å². The standard InChI is InChI=1S/C14H15BrN2O4/c1-18-11-5-9(6-12(19-2)13(11)20-3)21-14-10(16)4-8(15)7-17-14/h4-7H,16H2,1-3H3. The van der Waals surface area contributed by atoms with Gasteiger partial charge in [0.2, 0.25) is 11.6 Å². The normalized spacial score (nSPS) is 10.1. The van der Waals surface area contributed by atoms with Crippen LogP contribution in [0.1, 0.15) is 0 Å². The Morgan fingerprint density at radius 3 is 2.10 bits per heavy atom. The van der Waals surface area contributed by atoms with Crippen LogP contribution in [-0.2, 0) is 0 Å². The molecule has 0 saturated heterocycles. The van der Waals surface area contributed by atoms with Crippen molar-refractivity contribution >= 4 is 21.6 Å². The largest absolute Gasteiger partial charge is 0.493 e. The quantitative estimate of drug-likeness (QED) is 0.887. The maximum atomic E-state index is 5.86. The van der Waals surface area contributed by atoms with Crippen LogP contribution in [0.3, 0.4) is 0 Å². The van der Waals surface area contributed by atoms with Crippen molar-refractivity contribution in [1.82, 2.24) is 4.98 Å². The molecule has 6 nitrogen and oxygen atoms in total. The summed E-state index contributed by atoms with van der Waals surface area (Å²) in [4.78, 5) is 4.12. The lowest BCUT2D eigenvalue weighted by atomic mass is 10.2. The predicted octanol–water partition coefficient (Wildman–Crippen LogP) is 3.24. The molecule has 0 aliphatic rings. The fraction of sp³-hybridized carbons (Fsp3) is 0.214. The van der Waals surface area contributed by atoms with Gasteiger partial charge in [-0.25, -0.2) is 4.98 Å². The molecule has 0 spiro atoms. The van der Waals surface area contributed by atoms with Crippen molar-refractivity contribution in [1.29, 1.82) is 0 Å². The number of hydrogen-bond acceptors (Lipinski definition) is 6. The third-order valence-electron chi connectivity index (χ3n) is 2.70. The maximum Gasteiger partial charge on any atom is 0.242 e. The number of nitrogens with zero attached hydrogens (tertiary/aromatic N) is 1. The van der Waals surface area contributed by atoms with Crippen molar-refractivity contribution < 1.29 is 18.9 Å². The lowest BCUT2D eigenvalue weighted by molar-refractivity contribution is 0.320. The Balaban J connectivity index is 2.40. The molecule has 21 heavy (non-hydrogen) atoms. The first-order valence-corrected chi connectivity index (χ1v) is 6.77. The fourth-order valence-corrected chi connectivity index (χ4v) is 2.10. The van der Waals surface area contributed by atoms with Crippen molar-refractivity contribution in [2.24, 2.45) is 0 Å². The molecule has 0 fully saturated rings. The number of ether oxygens (including phenoxy) is 4. The highest BCUT2D eigenvalue weighted by Gasteiger charge is 2.15. The van der Waals surface area contributed by atoms with Gasteiger partial charge in [-0.1, -0.05) is 0 Å². The van der Waals surface area contributed by atoms with Gasteiger partial charge in [-0.15, -0.1) is 0 Å². The number of nitrogen functional groups attached to an aromatic ring is 1. The highest BCUT2D eigenvalue weighted by molar-refractivity contribution is 9.10. The molecule has 2 N–H and O–H groups in total. The van der Waals surface area contributed by atoms with E-state index in [4.69, 9.17) is 24.7 Å². The van der Waals surface area contributed by atoms with Gasteiger partial charge in [0.05, 0.1) is 27.0 Å². The average molecular weight is 355 g/mol. The summed E-state index contributed by atoms with van der Waals surface area (Å²) in [6.07, 6.45) is 1.60. The van der Waals surface area contributed by atoms with Gasteiger partial charge in [-0.05, 0) is 22.0 Å². The maximum absolute atomic E-state index is 5.86. The molecule has 0 saturated carbocycles. The molecule has 0 aliphatic heterocycles. The first-order chi connectivity index (χ1) is 10.1. The van der Waals surface area contributed by atoms with Gasteiger partial charge >= 0.3 is 0 Å². The van der Waals surface area contributed by atoms with Gasteiger partial charge in [-0.3, -0.25) is 0 Å². The van der Waals surface area contributed by atoms with Crippen molar-refractivity contribution in [3.8, 4) is 28.9 Å². The minimum atomic E-state index is 0.299. The van der Waals surface area contributed by atoms with Crippen LogP contribution in [0, 0.1) is 0 Å². The zero-order valence-electron chi connectivity index (χ0n) is 11.8. The average Bonchev–Trinajstić information content (AvgIpc) is 2.49. The van der Waals surface area contributed by atoms with E-state index in [1.807, 2.05) is 0 Å². The number of rotatable bonds is 5. The highest BCUT2D eigenvalue weighted by atomic mass is 79.9. The van der Waals surface area contributed by atoms with Crippen molar-refractivity contribution in [3.63, 3.8) is 0 Å². The first-order valence-electron chi connectivity index (χ1n) is 5.98. The molecule has 0 unspecified atom stereocenters. The Hall–Kier alpha value is -2.15. The first kappa shape index (κ1) is 15.2. The molecular formula is C14H15BrN2O4. The van der Waals surface area contributed by atoms with Gasteiger partial charge in [0.1, 0.15) is 5.75 Å². The number of halogens is 1. The lowest BCUT2D eigenvalue weighted by Crippen LogP contribution is -1.98. The minimum absolute atomic E-state index is 0.299. The number of methoxy groups -OCH3 is 3. The van der Waals surface area contributed by atoms with Gasteiger partial charge in [0.15, 0.2) is 11.5 Å². The highest BCUT2D eigenvalue weighted by Crippen LogP contribution is 2.42. The van der Waals surface area contributed by atoms with Gasteiger partial charge < -0.3 is 24.7 Å². The number of benzene rings is 1. The summed E-state index contributed by atoms with van der Waals surface area (Å²) in [6.45, 7) is 0. The Morgan fingerprint density at radius 2 is 1.62 bits per heavy atom. The molecule has 1 aromatic heterocycles. The monoisotopic (exact) mass is 354 g/mol. The van der Waals surface area contributed by atoms with Crippen LogP contribution in [0.25, 0.3) is 0 Å². The van der Waals surface area contributed by atoms with Crippen molar-refractivity contribution in [2.75, 3.05) is 27.1 Å². The molecule has 2 aromatic rings. The Morgan fingerprint density at radius 1 is 1.00 bits per heavy atom. The topological polar surface area (TPSA) is 75.8 Å². The number of aromatic nitrogens is 1. The summed E-state index contributed by atoms with van der Waals surface area (Å²) < 4.78 is 22.2. The van der Waals surface area contributed by atoms with E-state index in [-0.39, 0.29) is 0 Å². The molecule has 0 atom stereocenters. The summed E-state index contributed by atoms with van der Waals surface area (Å²) in [5, 5.41) is 0. The molecule has 1 aromatic carbocycles. The predicted molar refractivity (Wildman–Crippen MR) is 82.5 cm³/mol. The third kappa shape index (κ3) is 3.30. The number of nitrogens with two attached hydrogens (primary N) is 1. The van der Waals surface area contributed by atoms with Crippen LogP contribution >= 0.6 is 15.9 Å². The van der Waals surface area contributed by atoms with E-state index in [0.29, 0.717) is 34.6 Å². The van der Waals surface area contributed by atoms with Crippen LogP contribution in [0.5, 0.6) is 28.9 Å². The Kier molecular flexibility index (Phi) is 4.74. The van der Waals surface area contributed by atoms with E-state index in [9.17, 15) is 0 Å². The molecule has 0 bridgehead atoms. The van der Waals surface area contributed by atoms with Crippen LogP contribution in [0.2, 0.25) is 0 Å².